The Labute approximate surface area is 128 Å². The highest BCUT2D eigenvalue weighted by atomic mass is 16.5. The summed E-state index contributed by atoms with van der Waals surface area (Å²) in [5.74, 6) is 7.33. The molecule has 0 heterocycles. The molecule has 2 aliphatic carbocycles. The minimum atomic E-state index is 0.271. The number of nitrogens with two attached hydrogens (primary N) is 1. The van der Waals surface area contributed by atoms with Gasteiger partial charge in [-0.25, -0.2) is 0 Å². The fourth-order valence-electron chi connectivity index (χ4n) is 3.61. The molecular formula is C18H28N2O. The standard InChI is InChI=1S/C18H28N2O/c1-2-21-17-10-13(11-17)12-18(20-19)16-8-6-15(7-9-16)14-4-3-5-14/h6-9,13-14,17-18,20H,2-5,10-12,19H2,1H3. The molecule has 21 heavy (non-hydrogen) atoms. The van der Waals surface area contributed by atoms with Gasteiger partial charge in [-0.1, -0.05) is 30.7 Å². The van der Waals surface area contributed by atoms with E-state index in [-0.39, 0.29) is 6.04 Å². The maximum absolute atomic E-state index is 5.78. The summed E-state index contributed by atoms with van der Waals surface area (Å²) in [4.78, 5) is 0. The van der Waals surface area contributed by atoms with E-state index in [2.05, 4.69) is 36.6 Å². The normalized spacial score (nSPS) is 27.0. The van der Waals surface area contributed by atoms with Crippen LogP contribution in [0.3, 0.4) is 0 Å². The van der Waals surface area contributed by atoms with E-state index in [1.807, 2.05) is 0 Å². The van der Waals surface area contributed by atoms with E-state index < -0.39 is 0 Å². The Morgan fingerprint density at radius 2 is 1.95 bits per heavy atom. The number of nitrogens with one attached hydrogen (secondary N) is 1. The number of ether oxygens (including phenoxy) is 1. The van der Waals surface area contributed by atoms with Gasteiger partial charge in [-0.2, -0.15) is 0 Å². The first-order valence-corrected chi connectivity index (χ1v) is 8.47. The quantitative estimate of drug-likeness (QED) is 0.594. The van der Waals surface area contributed by atoms with Crippen molar-refractivity contribution in [2.45, 2.75) is 63.5 Å². The van der Waals surface area contributed by atoms with Crippen LogP contribution in [-0.2, 0) is 4.74 Å². The molecule has 3 N–H and O–H groups in total. The first-order valence-electron chi connectivity index (χ1n) is 8.47. The molecule has 2 aliphatic rings. The number of benzene rings is 1. The number of hydrogen-bond acceptors (Lipinski definition) is 3. The summed E-state index contributed by atoms with van der Waals surface area (Å²) in [7, 11) is 0. The van der Waals surface area contributed by atoms with Crippen molar-refractivity contribution in [3.05, 3.63) is 35.4 Å². The molecule has 3 rings (SSSR count). The summed E-state index contributed by atoms with van der Waals surface area (Å²) < 4.78 is 5.64. The van der Waals surface area contributed by atoms with Crippen LogP contribution in [0.15, 0.2) is 24.3 Å². The molecule has 1 atom stereocenters. The van der Waals surface area contributed by atoms with E-state index >= 15 is 0 Å². The van der Waals surface area contributed by atoms with Crippen molar-refractivity contribution in [1.29, 1.82) is 0 Å². The second-order valence-electron chi connectivity index (χ2n) is 6.66. The van der Waals surface area contributed by atoms with Crippen LogP contribution in [0.1, 0.15) is 68.5 Å². The zero-order valence-electron chi connectivity index (χ0n) is 13.1. The molecule has 0 bridgehead atoms. The van der Waals surface area contributed by atoms with Crippen molar-refractivity contribution in [3.63, 3.8) is 0 Å². The second-order valence-corrected chi connectivity index (χ2v) is 6.66. The Morgan fingerprint density at radius 1 is 1.24 bits per heavy atom. The monoisotopic (exact) mass is 288 g/mol. The van der Waals surface area contributed by atoms with Gasteiger partial charge < -0.3 is 4.74 Å². The predicted molar refractivity (Wildman–Crippen MR) is 85.9 cm³/mol. The molecule has 0 radical (unpaired) electrons. The van der Waals surface area contributed by atoms with Gasteiger partial charge in [0.1, 0.15) is 0 Å². The zero-order valence-corrected chi connectivity index (χ0v) is 13.1. The van der Waals surface area contributed by atoms with Crippen LogP contribution in [0, 0.1) is 5.92 Å². The highest BCUT2D eigenvalue weighted by molar-refractivity contribution is 5.28. The highest BCUT2D eigenvalue weighted by Gasteiger charge is 2.31. The van der Waals surface area contributed by atoms with Crippen molar-refractivity contribution in [3.8, 4) is 0 Å². The van der Waals surface area contributed by atoms with Crippen molar-refractivity contribution < 1.29 is 4.74 Å². The second kappa shape index (κ2) is 6.91. The van der Waals surface area contributed by atoms with Crippen LogP contribution in [0.2, 0.25) is 0 Å². The smallest absolute Gasteiger partial charge is 0.0580 e. The average Bonchev–Trinajstić information content (AvgIpc) is 2.40. The predicted octanol–water partition coefficient (Wildman–Crippen LogP) is 3.66. The highest BCUT2D eigenvalue weighted by Crippen LogP contribution is 2.38. The molecule has 2 fully saturated rings. The van der Waals surface area contributed by atoms with Gasteiger partial charge in [0.05, 0.1) is 6.10 Å². The SMILES string of the molecule is CCOC1CC(CC(NN)c2ccc(C3CCC3)cc2)C1. The van der Waals surface area contributed by atoms with Crippen LogP contribution in [0.5, 0.6) is 0 Å². The largest absolute Gasteiger partial charge is 0.378 e. The number of rotatable bonds is 7. The molecule has 3 heteroatoms. The third-order valence-corrected chi connectivity index (χ3v) is 5.28. The lowest BCUT2D eigenvalue weighted by Crippen LogP contribution is -2.36. The summed E-state index contributed by atoms with van der Waals surface area (Å²) >= 11 is 0. The van der Waals surface area contributed by atoms with E-state index in [4.69, 9.17) is 10.6 Å². The first-order chi connectivity index (χ1) is 10.3. The molecule has 1 aromatic rings. The van der Waals surface area contributed by atoms with Gasteiger partial charge in [0.15, 0.2) is 0 Å². The maximum Gasteiger partial charge on any atom is 0.0580 e. The Bertz CT molecular complexity index is 435. The van der Waals surface area contributed by atoms with Gasteiger partial charge in [-0.3, -0.25) is 11.3 Å². The van der Waals surface area contributed by atoms with Crippen LogP contribution < -0.4 is 11.3 Å². The summed E-state index contributed by atoms with van der Waals surface area (Å²) in [6.45, 7) is 2.90. The lowest BCUT2D eigenvalue weighted by atomic mass is 9.76. The van der Waals surface area contributed by atoms with Gasteiger partial charge in [0.2, 0.25) is 0 Å². The van der Waals surface area contributed by atoms with Crippen LogP contribution in [-0.4, -0.2) is 12.7 Å². The van der Waals surface area contributed by atoms with Crippen molar-refractivity contribution in [2.24, 2.45) is 11.8 Å². The lowest BCUT2D eigenvalue weighted by Gasteiger charge is -2.37. The lowest BCUT2D eigenvalue weighted by molar-refractivity contribution is -0.0291. The average molecular weight is 288 g/mol. The van der Waals surface area contributed by atoms with E-state index in [1.165, 1.54) is 43.2 Å². The van der Waals surface area contributed by atoms with E-state index in [9.17, 15) is 0 Å². The number of hydrogen-bond donors (Lipinski definition) is 2. The van der Waals surface area contributed by atoms with Gasteiger partial charge in [0, 0.05) is 12.6 Å². The summed E-state index contributed by atoms with van der Waals surface area (Å²) in [5.41, 5.74) is 5.82. The summed E-state index contributed by atoms with van der Waals surface area (Å²) in [5, 5.41) is 0. The van der Waals surface area contributed by atoms with Crippen molar-refractivity contribution in [1.82, 2.24) is 5.43 Å². The van der Waals surface area contributed by atoms with Gasteiger partial charge in [-0.15, -0.1) is 0 Å². The zero-order chi connectivity index (χ0) is 14.7. The van der Waals surface area contributed by atoms with E-state index in [0.29, 0.717) is 6.10 Å². The van der Waals surface area contributed by atoms with E-state index in [1.54, 1.807) is 0 Å². The van der Waals surface area contributed by atoms with Gasteiger partial charge >= 0.3 is 0 Å². The van der Waals surface area contributed by atoms with Crippen molar-refractivity contribution >= 4 is 0 Å². The van der Waals surface area contributed by atoms with Crippen LogP contribution in [0.25, 0.3) is 0 Å². The Kier molecular flexibility index (Phi) is 4.94. The molecule has 0 saturated heterocycles. The Hall–Kier alpha value is -0.900. The molecule has 2 saturated carbocycles. The fraction of sp³-hybridized carbons (Fsp3) is 0.667. The molecule has 3 nitrogen and oxygen atoms in total. The molecule has 1 aromatic carbocycles. The van der Waals surface area contributed by atoms with Gasteiger partial charge in [0.25, 0.3) is 0 Å². The van der Waals surface area contributed by atoms with Crippen molar-refractivity contribution in [2.75, 3.05) is 6.61 Å². The summed E-state index contributed by atoms with van der Waals surface area (Å²) in [6, 6.07) is 9.39. The first kappa shape index (κ1) is 15.0. The van der Waals surface area contributed by atoms with E-state index in [0.717, 1.165) is 24.9 Å². The molecule has 0 amide bonds. The minimum absolute atomic E-state index is 0.271. The third-order valence-electron chi connectivity index (χ3n) is 5.28. The van der Waals surface area contributed by atoms with Gasteiger partial charge in [-0.05, 0) is 62.0 Å². The van der Waals surface area contributed by atoms with Crippen LogP contribution >= 0.6 is 0 Å². The topological polar surface area (TPSA) is 47.3 Å². The Morgan fingerprint density at radius 3 is 2.48 bits per heavy atom. The Balaban J connectivity index is 1.53. The molecule has 0 aromatic heterocycles. The maximum atomic E-state index is 5.78. The molecule has 0 spiro atoms. The third kappa shape index (κ3) is 3.47. The summed E-state index contributed by atoms with van der Waals surface area (Å²) in [6.07, 6.45) is 8.08. The fourth-order valence-corrected chi connectivity index (χ4v) is 3.61. The molecule has 116 valence electrons. The number of hydrazine groups is 1. The minimum Gasteiger partial charge on any atom is -0.378 e. The molecular weight excluding hydrogens is 260 g/mol. The molecule has 0 aliphatic heterocycles. The van der Waals surface area contributed by atoms with Crippen LogP contribution in [0.4, 0.5) is 0 Å². The molecule has 1 unspecified atom stereocenters.